The van der Waals surface area contributed by atoms with Crippen LogP contribution in [0.15, 0.2) is 18.2 Å². The zero-order valence-corrected chi connectivity index (χ0v) is 11.0. The summed E-state index contributed by atoms with van der Waals surface area (Å²) in [5, 5.41) is 0. The maximum Gasteiger partial charge on any atom is 0.397 e. The lowest BCUT2D eigenvalue weighted by atomic mass is 10.1. The van der Waals surface area contributed by atoms with E-state index in [-0.39, 0.29) is 0 Å². The van der Waals surface area contributed by atoms with E-state index >= 15 is 0 Å². The van der Waals surface area contributed by atoms with Gasteiger partial charge < -0.3 is 14.4 Å². The van der Waals surface area contributed by atoms with Crippen LogP contribution in [0.3, 0.4) is 0 Å². The van der Waals surface area contributed by atoms with E-state index in [9.17, 15) is 9.59 Å². The van der Waals surface area contributed by atoms with Gasteiger partial charge in [0.2, 0.25) is 0 Å². The zero-order valence-electron chi connectivity index (χ0n) is 11.0. The highest BCUT2D eigenvalue weighted by molar-refractivity contribution is 6.37. The van der Waals surface area contributed by atoms with Gasteiger partial charge in [-0.3, -0.25) is 4.79 Å². The van der Waals surface area contributed by atoms with Crippen molar-refractivity contribution in [3.05, 3.63) is 23.8 Å². The van der Waals surface area contributed by atoms with Crippen molar-refractivity contribution < 1.29 is 19.1 Å². The van der Waals surface area contributed by atoms with Crippen LogP contribution in [-0.2, 0) is 20.7 Å². The molecule has 1 rings (SSSR count). The van der Waals surface area contributed by atoms with Crippen molar-refractivity contribution in [2.75, 3.05) is 26.2 Å². The summed E-state index contributed by atoms with van der Waals surface area (Å²) in [6, 6.07) is 5.31. The van der Waals surface area contributed by atoms with Crippen LogP contribution in [-0.4, -0.2) is 33.1 Å². The molecule has 0 aromatic heterocycles. The number of benzene rings is 1. The average molecular weight is 251 g/mol. The molecule has 0 aliphatic carbocycles. The molecule has 18 heavy (non-hydrogen) atoms. The molecule has 1 amide bonds. The van der Waals surface area contributed by atoms with Crippen molar-refractivity contribution in [3.8, 4) is 5.75 Å². The minimum Gasteiger partial charge on any atom is -0.496 e. The molecular formula is C13H17NO4. The van der Waals surface area contributed by atoms with Gasteiger partial charge in [0.15, 0.2) is 0 Å². The summed E-state index contributed by atoms with van der Waals surface area (Å²) in [6.45, 7) is 1.99. The molecule has 5 nitrogen and oxygen atoms in total. The van der Waals surface area contributed by atoms with Crippen molar-refractivity contribution in [1.29, 1.82) is 0 Å². The highest BCUT2D eigenvalue weighted by atomic mass is 16.5. The Hall–Kier alpha value is -2.04. The SMILES string of the molecule is CCc1cc(N(C)C(=O)C(=O)OC)ccc1OC. The number of hydrogen-bond acceptors (Lipinski definition) is 4. The molecule has 0 spiro atoms. The van der Waals surface area contributed by atoms with Gasteiger partial charge in [0.25, 0.3) is 0 Å². The minimum atomic E-state index is -0.883. The van der Waals surface area contributed by atoms with Crippen LogP contribution in [0.2, 0.25) is 0 Å². The Morgan fingerprint density at radius 1 is 1.28 bits per heavy atom. The van der Waals surface area contributed by atoms with Crippen LogP contribution >= 0.6 is 0 Å². The Morgan fingerprint density at radius 2 is 1.94 bits per heavy atom. The number of likely N-dealkylation sites (N-methyl/N-ethyl adjacent to an activating group) is 1. The highest BCUT2D eigenvalue weighted by Crippen LogP contribution is 2.25. The standard InChI is InChI=1S/C13H17NO4/c1-5-9-8-10(6-7-11(9)17-3)14(2)12(15)13(16)18-4/h6-8H,5H2,1-4H3. The molecule has 0 radical (unpaired) electrons. The number of hydrogen-bond donors (Lipinski definition) is 0. The van der Waals surface area contributed by atoms with Gasteiger partial charge in [-0.2, -0.15) is 0 Å². The van der Waals surface area contributed by atoms with E-state index in [1.165, 1.54) is 19.1 Å². The molecule has 1 aromatic carbocycles. The molecule has 0 heterocycles. The van der Waals surface area contributed by atoms with Gasteiger partial charge in [-0.25, -0.2) is 4.79 Å². The lowest BCUT2D eigenvalue weighted by Crippen LogP contribution is -2.34. The topological polar surface area (TPSA) is 55.8 Å². The maximum atomic E-state index is 11.6. The Balaban J connectivity index is 3.03. The predicted octanol–water partition coefficient (Wildman–Crippen LogP) is 1.39. The number of rotatable bonds is 3. The fourth-order valence-electron chi connectivity index (χ4n) is 1.59. The van der Waals surface area contributed by atoms with Gasteiger partial charge in [-0.05, 0) is 30.2 Å². The van der Waals surface area contributed by atoms with Gasteiger partial charge in [-0.1, -0.05) is 6.92 Å². The number of nitrogens with zero attached hydrogens (tertiary/aromatic N) is 1. The monoisotopic (exact) mass is 251 g/mol. The number of carbonyl (C=O) groups excluding carboxylic acids is 2. The first-order valence-electron chi connectivity index (χ1n) is 5.58. The van der Waals surface area contributed by atoms with Crippen molar-refractivity contribution in [2.45, 2.75) is 13.3 Å². The third kappa shape index (κ3) is 2.80. The Labute approximate surface area is 106 Å². The fraction of sp³-hybridized carbons (Fsp3) is 0.385. The number of esters is 1. The minimum absolute atomic E-state index is 0.628. The normalized spacial score (nSPS) is 9.78. The molecule has 0 fully saturated rings. The molecule has 0 bridgehead atoms. The first-order chi connectivity index (χ1) is 8.54. The molecule has 0 N–H and O–H groups in total. The molecule has 0 saturated heterocycles. The summed E-state index contributed by atoms with van der Waals surface area (Å²) in [4.78, 5) is 24.1. The molecule has 0 unspecified atom stereocenters. The Morgan fingerprint density at radius 3 is 2.44 bits per heavy atom. The lowest BCUT2D eigenvalue weighted by molar-refractivity contribution is -0.151. The van der Waals surface area contributed by atoms with Gasteiger partial charge in [0, 0.05) is 12.7 Å². The van der Waals surface area contributed by atoms with Crippen LogP contribution in [0, 0.1) is 0 Å². The van der Waals surface area contributed by atoms with Crippen LogP contribution in [0.5, 0.6) is 5.75 Å². The molecule has 5 heteroatoms. The highest BCUT2D eigenvalue weighted by Gasteiger charge is 2.21. The number of ether oxygens (including phenoxy) is 2. The maximum absolute atomic E-state index is 11.6. The predicted molar refractivity (Wildman–Crippen MR) is 67.8 cm³/mol. The number of anilines is 1. The molecule has 0 aliphatic rings. The summed E-state index contributed by atoms with van der Waals surface area (Å²) in [5.74, 6) is -0.823. The molecule has 98 valence electrons. The zero-order chi connectivity index (χ0) is 13.7. The summed E-state index contributed by atoms with van der Waals surface area (Å²) < 4.78 is 9.61. The van der Waals surface area contributed by atoms with E-state index < -0.39 is 11.9 Å². The van der Waals surface area contributed by atoms with E-state index in [0.717, 1.165) is 17.7 Å². The van der Waals surface area contributed by atoms with Gasteiger partial charge in [-0.15, -0.1) is 0 Å². The number of aryl methyl sites for hydroxylation is 1. The summed E-state index contributed by atoms with van der Waals surface area (Å²) in [5.41, 5.74) is 1.60. The second kappa shape index (κ2) is 6.05. The number of carbonyl (C=O) groups is 2. The number of methoxy groups -OCH3 is 2. The Kier molecular flexibility index (Phi) is 4.71. The molecule has 1 aromatic rings. The molecule has 0 saturated carbocycles. The van der Waals surface area contributed by atoms with Crippen LogP contribution in [0.25, 0.3) is 0 Å². The van der Waals surface area contributed by atoms with E-state index in [2.05, 4.69) is 4.74 Å². The second-order valence-electron chi connectivity index (χ2n) is 3.71. The van der Waals surface area contributed by atoms with Gasteiger partial charge >= 0.3 is 11.9 Å². The van der Waals surface area contributed by atoms with Gasteiger partial charge in [0.05, 0.1) is 14.2 Å². The first-order valence-corrected chi connectivity index (χ1v) is 5.58. The lowest BCUT2D eigenvalue weighted by Gasteiger charge is -2.17. The van der Waals surface area contributed by atoms with Crippen molar-refractivity contribution >= 4 is 17.6 Å². The first kappa shape index (κ1) is 14.0. The Bertz CT molecular complexity index is 456. The summed E-state index contributed by atoms with van der Waals surface area (Å²) in [6.07, 6.45) is 0.775. The molecule has 0 aliphatic heterocycles. The van der Waals surface area contributed by atoms with E-state index in [4.69, 9.17) is 4.74 Å². The van der Waals surface area contributed by atoms with Gasteiger partial charge in [0.1, 0.15) is 5.75 Å². The number of amides is 1. The quantitative estimate of drug-likeness (QED) is 0.602. The van der Waals surface area contributed by atoms with Crippen molar-refractivity contribution in [1.82, 2.24) is 0 Å². The average Bonchev–Trinajstić information content (AvgIpc) is 2.43. The second-order valence-corrected chi connectivity index (χ2v) is 3.71. The molecular weight excluding hydrogens is 234 g/mol. The summed E-state index contributed by atoms with van der Waals surface area (Å²) >= 11 is 0. The largest absolute Gasteiger partial charge is 0.496 e. The van der Waals surface area contributed by atoms with Crippen LogP contribution in [0.1, 0.15) is 12.5 Å². The van der Waals surface area contributed by atoms with E-state index in [0.29, 0.717) is 5.69 Å². The fourth-order valence-corrected chi connectivity index (χ4v) is 1.59. The van der Waals surface area contributed by atoms with Crippen LogP contribution in [0.4, 0.5) is 5.69 Å². The molecule has 0 atom stereocenters. The third-order valence-corrected chi connectivity index (χ3v) is 2.70. The van der Waals surface area contributed by atoms with E-state index in [1.54, 1.807) is 19.2 Å². The van der Waals surface area contributed by atoms with Crippen molar-refractivity contribution in [2.24, 2.45) is 0 Å². The smallest absolute Gasteiger partial charge is 0.397 e. The third-order valence-electron chi connectivity index (χ3n) is 2.70. The van der Waals surface area contributed by atoms with Crippen LogP contribution < -0.4 is 9.64 Å². The van der Waals surface area contributed by atoms with E-state index in [1.807, 2.05) is 13.0 Å². The summed E-state index contributed by atoms with van der Waals surface area (Å²) in [7, 11) is 4.30. The van der Waals surface area contributed by atoms with Crippen molar-refractivity contribution in [3.63, 3.8) is 0 Å².